The van der Waals surface area contributed by atoms with Gasteiger partial charge in [-0.3, -0.25) is 5.32 Å². The zero-order valence-electron chi connectivity index (χ0n) is 15.0. The molecule has 1 amide bonds. The van der Waals surface area contributed by atoms with E-state index in [9.17, 15) is 14.7 Å². The monoisotopic (exact) mass is 354 g/mol. The summed E-state index contributed by atoms with van der Waals surface area (Å²) in [6.07, 6.45) is -0.706. The van der Waals surface area contributed by atoms with Crippen LogP contribution in [0.5, 0.6) is 0 Å². The van der Waals surface area contributed by atoms with Crippen LogP contribution in [0.25, 0.3) is 0 Å². The Balaban J connectivity index is 2.66. The molecule has 0 radical (unpaired) electrons. The highest BCUT2D eigenvalue weighted by molar-refractivity contribution is 5.99. The van der Waals surface area contributed by atoms with Gasteiger partial charge < -0.3 is 24.6 Å². The van der Waals surface area contributed by atoms with Crippen molar-refractivity contribution in [3.63, 3.8) is 0 Å². The van der Waals surface area contributed by atoms with Gasteiger partial charge in [0.15, 0.2) is 0 Å². The third kappa shape index (κ3) is 8.37. The van der Waals surface area contributed by atoms with E-state index >= 15 is 0 Å². The molecule has 0 aliphatic heterocycles. The second-order valence-electron chi connectivity index (χ2n) is 6.22. The fraction of sp³-hybridized carbons (Fsp3) is 0.529. The highest BCUT2D eigenvalue weighted by atomic mass is 16.6. The minimum atomic E-state index is -1.15. The average Bonchev–Trinajstić information content (AvgIpc) is 2.49. The molecular weight excluding hydrogens is 328 g/mol. The van der Waals surface area contributed by atoms with E-state index in [0.29, 0.717) is 32.1 Å². The van der Waals surface area contributed by atoms with E-state index in [1.807, 2.05) is 0 Å². The van der Waals surface area contributed by atoms with Crippen LogP contribution in [0.2, 0.25) is 0 Å². The number of nitrogens with one attached hydrogen (secondary N) is 2. The number of aromatic carboxylic acids is 1. The van der Waals surface area contributed by atoms with E-state index in [0.717, 1.165) is 0 Å². The Labute approximate surface area is 147 Å². The van der Waals surface area contributed by atoms with Gasteiger partial charge in [0.05, 0.1) is 31.1 Å². The zero-order chi connectivity index (χ0) is 18.9. The van der Waals surface area contributed by atoms with Crippen LogP contribution < -0.4 is 10.6 Å². The van der Waals surface area contributed by atoms with Crippen molar-refractivity contribution >= 4 is 23.4 Å². The van der Waals surface area contributed by atoms with Crippen LogP contribution in [0.15, 0.2) is 18.2 Å². The van der Waals surface area contributed by atoms with Gasteiger partial charge in [-0.05, 0) is 39.0 Å². The summed E-state index contributed by atoms with van der Waals surface area (Å²) in [5.74, 6) is -1.15. The van der Waals surface area contributed by atoms with E-state index in [1.54, 1.807) is 33.9 Å². The summed E-state index contributed by atoms with van der Waals surface area (Å²) in [4.78, 5) is 23.2. The summed E-state index contributed by atoms with van der Waals surface area (Å²) in [6, 6.07) is 4.64. The molecule has 0 atom stereocenters. The Morgan fingerprint density at radius 1 is 1.16 bits per heavy atom. The smallest absolute Gasteiger partial charge is 0.412 e. The first-order valence-electron chi connectivity index (χ1n) is 7.91. The maximum Gasteiger partial charge on any atom is 0.412 e. The highest BCUT2D eigenvalue weighted by Crippen LogP contribution is 2.21. The lowest BCUT2D eigenvalue weighted by molar-refractivity contribution is 0.0636. The quantitative estimate of drug-likeness (QED) is 0.585. The number of anilines is 2. The molecule has 0 aliphatic rings. The van der Waals surface area contributed by atoms with Gasteiger partial charge in [0.25, 0.3) is 0 Å². The van der Waals surface area contributed by atoms with Crippen LogP contribution in [-0.4, -0.2) is 56.2 Å². The van der Waals surface area contributed by atoms with Crippen LogP contribution in [0.3, 0.4) is 0 Å². The molecule has 8 nitrogen and oxygen atoms in total. The number of amides is 1. The second kappa shape index (κ2) is 9.85. The maximum absolute atomic E-state index is 11.8. The predicted molar refractivity (Wildman–Crippen MR) is 94.4 cm³/mol. The zero-order valence-corrected chi connectivity index (χ0v) is 15.0. The Morgan fingerprint density at radius 3 is 2.48 bits per heavy atom. The van der Waals surface area contributed by atoms with E-state index in [1.165, 1.54) is 12.1 Å². The first-order chi connectivity index (χ1) is 11.7. The molecule has 0 saturated carbocycles. The standard InChI is InChI=1S/C17H26N2O6/c1-17(2,3)25-16(22)19-14-6-5-12(11-13(14)15(20)21)18-7-8-24-10-9-23-4/h5-6,11,18H,7-10H2,1-4H3,(H,19,22)(H,20,21). The van der Waals surface area contributed by atoms with Gasteiger partial charge in [-0.15, -0.1) is 0 Å². The molecule has 140 valence electrons. The molecule has 1 aromatic rings. The molecule has 0 spiro atoms. The van der Waals surface area contributed by atoms with Crippen molar-refractivity contribution in [1.82, 2.24) is 0 Å². The number of methoxy groups -OCH3 is 1. The van der Waals surface area contributed by atoms with Crippen LogP contribution in [0.1, 0.15) is 31.1 Å². The van der Waals surface area contributed by atoms with Crippen molar-refractivity contribution in [2.45, 2.75) is 26.4 Å². The van der Waals surface area contributed by atoms with Crippen molar-refractivity contribution in [2.24, 2.45) is 0 Å². The summed E-state index contributed by atoms with van der Waals surface area (Å²) < 4.78 is 15.3. The number of hydrogen-bond donors (Lipinski definition) is 3. The fourth-order valence-corrected chi connectivity index (χ4v) is 1.87. The molecule has 0 aliphatic carbocycles. The lowest BCUT2D eigenvalue weighted by Crippen LogP contribution is -2.27. The molecule has 0 fully saturated rings. The minimum absolute atomic E-state index is 0.0313. The fourth-order valence-electron chi connectivity index (χ4n) is 1.87. The molecule has 1 aromatic carbocycles. The number of carboxylic acid groups (broad SMARTS) is 1. The van der Waals surface area contributed by atoms with Gasteiger partial charge >= 0.3 is 12.1 Å². The van der Waals surface area contributed by atoms with Gasteiger partial charge in [0.1, 0.15) is 5.60 Å². The van der Waals surface area contributed by atoms with Crippen molar-refractivity contribution in [2.75, 3.05) is 44.1 Å². The number of hydrogen-bond acceptors (Lipinski definition) is 6. The van der Waals surface area contributed by atoms with E-state index in [-0.39, 0.29) is 11.3 Å². The summed E-state index contributed by atoms with van der Waals surface area (Å²) in [5.41, 5.74) is 0.0832. The molecule has 0 saturated heterocycles. The molecule has 0 bridgehead atoms. The third-order valence-corrected chi connectivity index (χ3v) is 2.89. The van der Waals surface area contributed by atoms with E-state index in [4.69, 9.17) is 14.2 Å². The molecule has 0 unspecified atom stereocenters. The number of carbonyl (C=O) groups excluding carboxylic acids is 1. The summed E-state index contributed by atoms with van der Waals surface area (Å²) in [5, 5.41) is 14.9. The molecule has 0 aromatic heterocycles. The van der Waals surface area contributed by atoms with Crippen molar-refractivity contribution in [3.8, 4) is 0 Å². The number of rotatable bonds is 9. The first-order valence-corrected chi connectivity index (χ1v) is 7.91. The van der Waals surface area contributed by atoms with E-state index in [2.05, 4.69) is 10.6 Å². The maximum atomic E-state index is 11.8. The third-order valence-electron chi connectivity index (χ3n) is 2.89. The Morgan fingerprint density at radius 2 is 1.88 bits per heavy atom. The molecule has 0 heterocycles. The topological polar surface area (TPSA) is 106 Å². The van der Waals surface area contributed by atoms with Gasteiger partial charge in [-0.25, -0.2) is 9.59 Å². The predicted octanol–water partition coefficient (Wildman–Crippen LogP) is 2.81. The Hall–Kier alpha value is -2.32. The van der Waals surface area contributed by atoms with Crippen molar-refractivity contribution in [1.29, 1.82) is 0 Å². The van der Waals surface area contributed by atoms with Crippen LogP contribution in [0.4, 0.5) is 16.2 Å². The molecular formula is C17H26N2O6. The van der Waals surface area contributed by atoms with Crippen LogP contribution >= 0.6 is 0 Å². The number of benzene rings is 1. The lowest BCUT2D eigenvalue weighted by atomic mass is 10.1. The highest BCUT2D eigenvalue weighted by Gasteiger charge is 2.19. The number of ether oxygens (including phenoxy) is 3. The van der Waals surface area contributed by atoms with Crippen LogP contribution in [-0.2, 0) is 14.2 Å². The van der Waals surface area contributed by atoms with Gasteiger partial charge in [-0.1, -0.05) is 0 Å². The summed E-state index contributed by atoms with van der Waals surface area (Å²) in [6.45, 7) is 7.18. The molecule has 1 rings (SSSR count). The second-order valence-corrected chi connectivity index (χ2v) is 6.22. The van der Waals surface area contributed by atoms with Gasteiger partial charge in [0, 0.05) is 19.3 Å². The molecule has 8 heteroatoms. The Kier molecular flexibility index (Phi) is 8.17. The SMILES string of the molecule is COCCOCCNc1ccc(NC(=O)OC(C)(C)C)c(C(=O)O)c1. The summed E-state index contributed by atoms with van der Waals surface area (Å²) in [7, 11) is 1.60. The van der Waals surface area contributed by atoms with E-state index < -0.39 is 17.7 Å². The number of carbonyl (C=O) groups is 2. The lowest BCUT2D eigenvalue weighted by Gasteiger charge is -2.20. The summed E-state index contributed by atoms with van der Waals surface area (Å²) >= 11 is 0. The largest absolute Gasteiger partial charge is 0.478 e. The first kappa shape index (κ1) is 20.7. The Bertz CT molecular complexity index is 583. The van der Waals surface area contributed by atoms with Gasteiger partial charge in [-0.2, -0.15) is 0 Å². The van der Waals surface area contributed by atoms with Crippen molar-refractivity contribution in [3.05, 3.63) is 23.8 Å². The normalized spacial score (nSPS) is 11.0. The molecule has 3 N–H and O–H groups in total. The number of carboxylic acids is 1. The van der Waals surface area contributed by atoms with Gasteiger partial charge in [0.2, 0.25) is 0 Å². The van der Waals surface area contributed by atoms with Crippen LogP contribution in [0, 0.1) is 0 Å². The minimum Gasteiger partial charge on any atom is -0.478 e. The molecule has 25 heavy (non-hydrogen) atoms. The van der Waals surface area contributed by atoms with Crippen molar-refractivity contribution < 1.29 is 28.9 Å². The average molecular weight is 354 g/mol.